The van der Waals surface area contributed by atoms with Crippen LogP contribution in [0.2, 0.25) is 0 Å². The van der Waals surface area contributed by atoms with Crippen molar-refractivity contribution in [2.45, 2.75) is 70.2 Å². The maximum Gasteiger partial charge on any atom is 0.425 e. The van der Waals surface area contributed by atoms with E-state index in [9.17, 15) is 28.2 Å². The van der Waals surface area contributed by atoms with Gasteiger partial charge < -0.3 is 19.7 Å². The summed E-state index contributed by atoms with van der Waals surface area (Å²) < 4.78 is 53.2. The Hall–Kier alpha value is -1.99. The van der Waals surface area contributed by atoms with Crippen LogP contribution in [0.25, 0.3) is 0 Å². The molecule has 2 aliphatic heterocycles. The van der Waals surface area contributed by atoms with E-state index in [0.29, 0.717) is 67.3 Å². The van der Waals surface area contributed by atoms with Crippen LogP contribution in [0.15, 0.2) is 12.4 Å². The number of halogens is 3. The van der Waals surface area contributed by atoms with Gasteiger partial charge in [-0.2, -0.15) is 18.3 Å². The minimum atomic E-state index is -4.50. The molecule has 2 N–H and O–H groups in total. The van der Waals surface area contributed by atoms with Crippen LogP contribution in [-0.2, 0) is 52.2 Å². The van der Waals surface area contributed by atoms with Gasteiger partial charge in [0.2, 0.25) is 0 Å². The van der Waals surface area contributed by atoms with E-state index in [2.05, 4.69) is 10.00 Å². The van der Waals surface area contributed by atoms with E-state index in [1.54, 1.807) is 19.3 Å². The first-order valence-electron chi connectivity index (χ1n) is 11.6. The third-order valence-electron chi connectivity index (χ3n) is 6.62. The number of rotatable bonds is 7. The lowest BCUT2D eigenvalue weighted by molar-refractivity contribution is -0.164. The smallest absolute Gasteiger partial charge is 0.425 e. The van der Waals surface area contributed by atoms with Crippen LogP contribution < -0.4 is 0 Å². The van der Waals surface area contributed by atoms with Gasteiger partial charge in [-0.1, -0.05) is 0 Å². The zero-order chi connectivity index (χ0) is 25.4. The number of ether oxygens (including phenoxy) is 2. The average Bonchev–Trinajstić information content (AvgIpc) is 3.40. The number of carbonyl (C=O) groups excluding carboxylic acids is 1. The molecule has 1 atom stereocenters. The summed E-state index contributed by atoms with van der Waals surface area (Å²) in [5, 5.41) is 24.3. The fourth-order valence-corrected chi connectivity index (χ4v) is 6.31. The molecule has 0 saturated carbocycles. The minimum absolute atomic E-state index is 0.00581. The number of aliphatic hydroxyl groups is 2. The van der Waals surface area contributed by atoms with Gasteiger partial charge in [0.1, 0.15) is 10.5 Å². The number of alkyl halides is 3. The maximum atomic E-state index is 13.6. The molecule has 2 aromatic heterocycles. The SMILES string of the molecule is CCOC(=O)C(C)(O)Cn1cc(CN2CCC3(CC2)OCCc2c3sc(C(F)(F)F)c2CO)cn1. The van der Waals surface area contributed by atoms with Gasteiger partial charge in [0.05, 0.1) is 32.6 Å². The number of aliphatic hydroxyl groups excluding tert-OH is 1. The van der Waals surface area contributed by atoms with E-state index < -0.39 is 34.8 Å². The summed E-state index contributed by atoms with van der Waals surface area (Å²) in [6, 6.07) is 0. The van der Waals surface area contributed by atoms with E-state index in [1.165, 1.54) is 11.6 Å². The van der Waals surface area contributed by atoms with Crippen LogP contribution in [0, 0.1) is 0 Å². The zero-order valence-corrected chi connectivity index (χ0v) is 20.5. The summed E-state index contributed by atoms with van der Waals surface area (Å²) >= 11 is 0.715. The van der Waals surface area contributed by atoms with Crippen molar-refractivity contribution in [3.63, 3.8) is 0 Å². The lowest BCUT2D eigenvalue weighted by atomic mass is 9.84. The van der Waals surface area contributed by atoms with Gasteiger partial charge in [0, 0.05) is 41.8 Å². The molecule has 1 unspecified atom stereocenters. The number of carbonyl (C=O) groups is 1. The molecule has 4 heterocycles. The second-order valence-electron chi connectivity index (χ2n) is 9.28. The average molecular weight is 518 g/mol. The lowest BCUT2D eigenvalue weighted by Crippen LogP contribution is -2.45. The normalized spacial score (nSPS) is 20.0. The van der Waals surface area contributed by atoms with Gasteiger partial charge in [-0.15, -0.1) is 11.3 Å². The van der Waals surface area contributed by atoms with Gasteiger partial charge in [-0.05, 0) is 38.7 Å². The summed E-state index contributed by atoms with van der Waals surface area (Å²) in [5.41, 5.74) is -0.974. The van der Waals surface area contributed by atoms with Crippen molar-refractivity contribution in [3.05, 3.63) is 38.8 Å². The van der Waals surface area contributed by atoms with Crippen molar-refractivity contribution in [3.8, 4) is 0 Å². The predicted molar refractivity (Wildman–Crippen MR) is 121 cm³/mol. The number of thiophene rings is 1. The number of likely N-dealkylation sites (tertiary alicyclic amines) is 1. The van der Waals surface area contributed by atoms with Crippen molar-refractivity contribution in [1.82, 2.24) is 14.7 Å². The van der Waals surface area contributed by atoms with E-state index in [-0.39, 0.29) is 18.7 Å². The Morgan fingerprint density at radius 3 is 2.69 bits per heavy atom. The second kappa shape index (κ2) is 9.81. The summed E-state index contributed by atoms with van der Waals surface area (Å²) in [7, 11) is 0. The van der Waals surface area contributed by atoms with Crippen molar-refractivity contribution < 1.29 is 37.7 Å². The monoisotopic (exact) mass is 517 g/mol. The van der Waals surface area contributed by atoms with Crippen molar-refractivity contribution in [2.24, 2.45) is 0 Å². The largest absolute Gasteiger partial charge is 0.464 e. The number of nitrogens with zero attached hydrogens (tertiary/aromatic N) is 3. The number of piperidine rings is 1. The van der Waals surface area contributed by atoms with Gasteiger partial charge in [0.15, 0.2) is 5.60 Å². The second-order valence-corrected chi connectivity index (χ2v) is 10.3. The molecule has 0 aliphatic carbocycles. The van der Waals surface area contributed by atoms with Crippen LogP contribution in [0.3, 0.4) is 0 Å². The molecular weight excluding hydrogens is 487 g/mol. The molecule has 0 amide bonds. The van der Waals surface area contributed by atoms with E-state index in [0.717, 1.165) is 5.56 Å². The summed E-state index contributed by atoms with van der Waals surface area (Å²) in [6.45, 7) is 4.70. The fourth-order valence-electron chi connectivity index (χ4n) is 4.88. The summed E-state index contributed by atoms with van der Waals surface area (Å²) in [4.78, 5) is 14.0. The van der Waals surface area contributed by atoms with Gasteiger partial charge >= 0.3 is 12.1 Å². The highest BCUT2D eigenvalue weighted by Crippen LogP contribution is 2.50. The first kappa shape index (κ1) is 26.1. The molecule has 1 saturated heterocycles. The Morgan fingerprint density at radius 2 is 2.06 bits per heavy atom. The maximum absolute atomic E-state index is 13.6. The number of fused-ring (bicyclic) bond motifs is 2. The Labute approximate surface area is 205 Å². The quantitative estimate of drug-likeness (QED) is 0.545. The number of esters is 1. The molecule has 194 valence electrons. The third-order valence-corrected chi connectivity index (χ3v) is 8.12. The van der Waals surface area contributed by atoms with Crippen molar-refractivity contribution >= 4 is 17.3 Å². The molecule has 2 aromatic rings. The van der Waals surface area contributed by atoms with Crippen LogP contribution in [-0.4, -0.2) is 62.8 Å². The molecular formula is C23H30F3N3O5S. The summed E-state index contributed by atoms with van der Waals surface area (Å²) in [5.74, 6) is -0.711. The van der Waals surface area contributed by atoms with E-state index in [1.807, 2.05) is 0 Å². The van der Waals surface area contributed by atoms with Crippen LogP contribution in [0.4, 0.5) is 13.2 Å². The minimum Gasteiger partial charge on any atom is -0.464 e. The highest BCUT2D eigenvalue weighted by molar-refractivity contribution is 7.12. The Morgan fingerprint density at radius 1 is 1.34 bits per heavy atom. The molecule has 35 heavy (non-hydrogen) atoms. The Balaban J connectivity index is 1.42. The first-order chi connectivity index (χ1) is 16.5. The third kappa shape index (κ3) is 5.26. The standard InChI is InChI=1S/C23H30F3N3O5S/c1-3-33-20(31)21(2,32)14-29-12-15(10-27-29)11-28-7-5-22(6-8-28)18-16(4-9-34-22)17(13-30)19(35-18)23(24,25)26/h10,12,30,32H,3-9,11,13-14H2,1-2H3. The molecule has 12 heteroatoms. The molecule has 1 fully saturated rings. The van der Waals surface area contributed by atoms with Crippen LogP contribution >= 0.6 is 11.3 Å². The number of hydrogen-bond donors (Lipinski definition) is 2. The number of aromatic nitrogens is 2. The lowest BCUT2D eigenvalue weighted by Gasteiger charge is -2.43. The molecule has 0 aromatic carbocycles. The molecule has 8 nitrogen and oxygen atoms in total. The van der Waals surface area contributed by atoms with Crippen molar-refractivity contribution in [2.75, 3.05) is 26.3 Å². The first-order valence-corrected chi connectivity index (χ1v) is 12.4. The van der Waals surface area contributed by atoms with Crippen LogP contribution in [0.1, 0.15) is 53.1 Å². The predicted octanol–water partition coefficient (Wildman–Crippen LogP) is 2.83. The molecule has 0 radical (unpaired) electrons. The number of hydrogen-bond acceptors (Lipinski definition) is 8. The van der Waals surface area contributed by atoms with Crippen molar-refractivity contribution in [1.29, 1.82) is 0 Å². The molecule has 0 bridgehead atoms. The van der Waals surface area contributed by atoms with E-state index in [4.69, 9.17) is 9.47 Å². The topological polar surface area (TPSA) is 97.1 Å². The molecule has 4 rings (SSSR count). The molecule has 1 spiro atoms. The van der Waals surface area contributed by atoms with Gasteiger partial charge in [0.25, 0.3) is 0 Å². The van der Waals surface area contributed by atoms with Gasteiger partial charge in [-0.25, -0.2) is 4.79 Å². The zero-order valence-electron chi connectivity index (χ0n) is 19.7. The highest BCUT2D eigenvalue weighted by atomic mass is 32.1. The van der Waals surface area contributed by atoms with Crippen LogP contribution in [0.5, 0.6) is 0 Å². The molecule has 2 aliphatic rings. The Kier molecular flexibility index (Phi) is 7.31. The highest BCUT2D eigenvalue weighted by Gasteiger charge is 2.47. The fraction of sp³-hybridized carbons (Fsp3) is 0.652. The van der Waals surface area contributed by atoms with Gasteiger partial charge in [-0.3, -0.25) is 9.58 Å². The summed E-state index contributed by atoms with van der Waals surface area (Å²) in [6.07, 6.45) is 0.403. The van der Waals surface area contributed by atoms with E-state index >= 15 is 0 Å². The Bertz CT molecular complexity index is 1060.